The Morgan fingerprint density at radius 2 is 1.33 bits per heavy atom. The van der Waals surface area contributed by atoms with E-state index in [2.05, 4.69) is 38.3 Å². The second-order valence-corrected chi connectivity index (χ2v) is 3.76. The number of carboxylic acid groups (broad SMARTS) is 1. The van der Waals surface area contributed by atoms with Crippen LogP contribution < -0.4 is 33.9 Å². The lowest BCUT2D eigenvalue weighted by atomic mass is 10.3. The van der Waals surface area contributed by atoms with Crippen molar-refractivity contribution in [3.8, 4) is 0 Å². The van der Waals surface area contributed by atoms with E-state index in [4.69, 9.17) is 5.73 Å². The van der Waals surface area contributed by atoms with Crippen LogP contribution in [-0.2, 0) is 4.79 Å². The van der Waals surface area contributed by atoms with Gasteiger partial charge in [0, 0.05) is 18.4 Å². The average Bonchev–Trinajstić information content (AvgIpc) is 2.19. The summed E-state index contributed by atoms with van der Waals surface area (Å²) in [5.74, 6) is -1.09. The molecule has 6 N–H and O–H groups in total. The minimum absolute atomic E-state index is 0. The lowest BCUT2D eigenvalue weighted by molar-refractivity contribution is -0.648. The highest BCUT2D eigenvalue weighted by Gasteiger charge is 1.90. The number of carbonyl (C=O) groups is 1. The van der Waals surface area contributed by atoms with E-state index in [1.165, 1.54) is 26.2 Å². The van der Waals surface area contributed by atoms with E-state index in [0.29, 0.717) is 0 Å². The van der Waals surface area contributed by atoms with Crippen molar-refractivity contribution in [1.82, 2.24) is 0 Å². The third kappa shape index (κ3) is 57.4. The second kappa shape index (κ2) is 25.5. The van der Waals surface area contributed by atoms with Crippen molar-refractivity contribution in [2.75, 3.05) is 26.2 Å². The highest BCUT2D eigenvalue weighted by Crippen LogP contribution is 1.79. The minimum atomic E-state index is -1.09. The van der Waals surface area contributed by atoms with Crippen molar-refractivity contribution in [1.29, 1.82) is 0 Å². The molecule has 0 rings (SSSR count). The van der Waals surface area contributed by atoms with Crippen LogP contribution in [0.3, 0.4) is 0 Å². The molecule has 0 fully saturated rings. The van der Waals surface area contributed by atoms with Gasteiger partial charge in [-0.25, -0.2) is 0 Å². The summed E-state index contributed by atoms with van der Waals surface area (Å²) in [5, 5.41) is 14.1. The first-order chi connectivity index (χ1) is 7.95. The van der Waals surface area contributed by atoms with Gasteiger partial charge in [-0.2, -0.15) is 0 Å². The molecule has 0 heterocycles. The van der Waals surface area contributed by atoms with Crippen LogP contribution in [0.2, 0.25) is 0 Å². The molecule has 0 aliphatic rings. The molecule has 18 heavy (non-hydrogen) atoms. The highest BCUT2D eigenvalue weighted by molar-refractivity contribution is 5.64. The Bertz CT molecular complexity index is 137. The minimum Gasteiger partial charge on any atom is -1.00 e. The zero-order chi connectivity index (χ0) is 14.1. The fraction of sp³-hybridized carbons (Fsp3) is 0.917. The van der Waals surface area contributed by atoms with Crippen molar-refractivity contribution < 1.29 is 32.9 Å². The maximum absolute atomic E-state index is 9.62. The van der Waals surface area contributed by atoms with Crippen LogP contribution in [-0.4, -0.2) is 38.2 Å². The number of aliphatic carboxylic acids is 1. The van der Waals surface area contributed by atoms with Gasteiger partial charge in [0.25, 0.3) is 0 Å². The van der Waals surface area contributed by atoms with E-state index < -0.39 is 5.97 Å². The van der Waals surface area contributed by atoms with Gasteiger partial charge in [-0.1, -0.05) is 0 Å². The summed E-state index contributed by atoms with van der Waals surface area (Å²) < 4.78 is 0. The second-order valence-electron chi connectivity index (χ2n) is 3.76. The molecule has 0 saturated heterocycles. The topological polar surface area (TPSA) is 99.4 Å². The van der Waals surface area contributed by atoms with Gasteiger partial charge in [0.15, 0.2) is 0 Å². The predicted octanol–water partition coefficient (Wildman–Crippen LogP) is -5.34. The molecule has 5 nitrogen and oxygen atoms in total. The van der Waals surface area contributed by atoms with Gasteiger partial charge in [-0.3, -0.25) is 0 Å². The Balaban J connectivity index is -0.0000000813. The zero-order valence-corrected chi connectivity index (χ0v) is 13.3. The van der Waals surface area contributed by atoms with Crippen LogP contribution in [0.5, 0.6) is 0 Å². The van der Waals surface area contributed by atoms with E-state index in [9.17, 15) is 9.90 Å². The smallest absolute Gasteiger partial charge is 0.0726 e. The average molecular weight is 286 g/mol. The number of hydrogen-bond donors (Lipinski definition) is 3. The van der Waals surface area contributed by atoms with E-state index >= 15 is 0 Å². The number of carbonyl (C=O) groups excluding carboxylic acids is 1. The number of halogens is 1. The van der Waals surface area contributed by atoms with Crippen LogP contribution in [0.4, 0.5) is 0 Å². The maximum atomic E-state index is 9.62. The summed E-state index contributed by atoms with van der Waals surface area (Å²) in [4.78, 5) is 9.62. The number of hydrogen-bond acceptors (Lipinski definition) is 3. The molecule has 114 valence electrons. The predicted molar refractivity (Wildman–Crippen MR) is 69.3 cm³/mol. The van der Waals surface area contributed by atoms with E-state index in [0.717, 1.165) is 0 Å². The molecule has 0 aromatic carbocycles. The summed E-state index contributed by atoms with van der Waals surface area (Å²) in [6.07, 6.45) is -0.0556. The quantitative estimate of drug-likeness (QED) is 0.454. The van der Waals surface area contributed by atoms with Gasteiger partial charge >= 0.3 is 0 Å². The molecule has 0 aromatic rings. The molecule has 1 unspecified atom stereocenters. The number of rotatable bonds is 6. The molecule has 0 amide bonds. The number of carboxylic acids is 1. The molecule has 0 bridgehead atoms. The monoisotopic (exact) mass is 285 g/mol. The Labute approximate surface area is 118 Å². The Morgan fingerprint density at radius 1 is 1.06 bits per heavy atom. The van der Waals surface area contributed by atoms with E-state index in [1.54, 1.807) is 6.92 Å². The first kappa shape index (κ1) is 26.3. The normalized spacial score (nSPS) is 9.89. The molecule has 0 aromatic heterocycles. The first-order valence-electron chi connectivity index (χ1n) is 6.54. The molecule has 0 aliphatic carbocycles. The fourth-order valence-corrected chi connectivity index (χ4v) is 0.840. The molecular weight excluding hydrogens is 254 g/mol. The van der Waals surface area contributed by atoms with Crippen LogP contribution >= 0.6 is 0 Å². The Kier molecular flexibility index (Phi) is 37.2. The molecule has 1 atom stereocenters. The standard InChI is InChI=1S/C4H9NO2.2C4H11N.ClH/c1-3(5)2-4(6)7;2*1-3-5-4-2;/h3H,2,5H2,1H3,(H,6,7);2*5H,3-4H2,1-2H3;1H. The third-order valence-electron chi connectivity index (χ3n) is 1.64. The summed E-state index contributed by atoms with van der Waals surface area (Å²) in [5.41, 5.74) is 5.07. The molecule has 0 saturated carbocycles. The lowest BCUT2D eigenvalue weighted by Crippen LogP contribution is -3.00. The largest absolute Gasteiger partial charge is 1.00 e. The summed E-state index contributed by atoms with van der Waals surface area (Å²) in [6.45, 7) is 15.1. The number of nitrogens with two attached hydrogens (primary N) is 3. The van der Waals surface area contributed by atoms with E-state index in [-0.39, 0.29) is 24.9 Å². The van der Waals surface area contributed by atoms with Crippen molar-refractivity contribution in [3.63, 3.8) is 0 Å². The SMILES string of the molecule is CC(N)CC(=O)[O-].CC[NH2+]CC.CC[NH2+]CC.[Cl-]. The third-order valence-corrected chi connectivity index (χ3v) is 1.64. The Hall–Kier alpha value is -0.360. The van der Waals surface area contributed by atoms with Gasteiger partial charge < -0.3 is 38.7 Å². The summed E-state index contributed by atoms with van der Waals surface area (Å²) in [6, 6.07) is -0.287. The van der Waals surface area contributed by atoms with Crippen LogP contribution in [0, 0.1) is 0 Å². The van der Waals surface area contributed by atoms with Gasteiger partial charge in [0.05, 0.1) is 26.2 Å². The van der Waals surface area contributed by atoms with Crippen molar-refractivity contribution in [3.05, 3.63) is 0 Å². The Morgan fingerprint density at radius 3 is 1.33 bits per heavy atom. The number of quaternary nitrogens is 2. The molecule has 6 heteroatoms. The van der Waals surface area contributed by atoms with Gasteiger partial charge in [0.1, 0.15) is 0 Å². The van der Waals surface area contributed by atoms with Gasteiger partial charge in [0.2, 0.25) is 0 Å². The van der Waals surface area contributed by atoms with Crippen molar-refractivity contribution in [2.45, 2.75) is 47.1 Å². The summed E-state index contributed by atoms with van der Waals surface area (Å²) >= 11 is 0. The molecule has 0 spiro atoms. The first-order valence-corrected chi connectivity index (χ1v) is 6.54. The molecule has 0 radical (unpaired) electrons. The lowest BCUT2D eigenvalue weighted by Gasteiger charge is -2.02. The van der Waals surface area contributed by atoms with Crippen LogP contribution in [0.25, 0.3) is 0 Å². The van der Waals surface area contributed by atoms with E-state index in [1.807, 2.05) is 0 Å². The summed E-state index contributed by atoms with van der Waals surface area (Å²) in [7, 11) is 0. The maximum Gasteiger partial charge on any atom is 0.0726 e. The molecular formula is C12H32ClN3O2. The van der Waals surface area contributed by atoms with Crippen molar-refractivity contribution >= 4 is 5.97 Å². The van der Waals surface area contributed by atoms with Crippen molar-refractivity contribution in [2.24, 2.45) is 5.73 Å². The molecule has 0 aliphatic heterocycles. The fourth-order valence-electron chi connectivity index (χ4n) is 0.840. The zero-order valence-electron chi connectivity index (χ0n) is 12.5. The van der Waals surface area contributed by atoms with Gasteiger partial charge in [-0.05, 0) is 34.6 Å². The highest BCUT2D eigenvalue weighted by atomic mass is 35.5. The van der Waals surface area contributed by atoms with Crippen LogP contribution in [0.15, 0.2) is 0 Å². The van der Waals surface area contributed by atoms with Crippen LogP contribution in [0.1, 0.15) is 41.0 Å². The van der Waals surface area contributed by atoms with Gasteiger partial charge in [-0.15, -0.1) is 0 Å².